The molecule has 0 aliphatic carbocycles. The quantitative estimate of drug-likeness (QED) is 0.279. The molecule has 0 atom stereocenters. The lowest BCUT2D eigenvalue weighted by Crippen LogP contribution is -2.16. The Bertz CT molecular complexity index is 1380. The van der Waals surface area contributed by atoms with Gasteiger partial charge < -0.3 is 4.74 Å². The number of aromatic nitrogens is 2. The van der Waals surface area contributed by atoms with Crippen LogP contribution >= 0.6 is 0 Å². The summed E-state index contributed by atoms with van der Waals surface area (Å²) in [5.74, 6) is 2.11. The number of H-pyrrole nitrogens is 1. The molecule has 0 radical (unpaired) electrons. The third-order valence-corrected chi connectivity index (χ3v) is 5.13. The summed E-state index contributed by atoms with van der Waals surface area (Å²) in [6, 6.07) is 26.5. The lowest BCUT2D eigenvalue weighted by molar-refractivity contribution is 0.482. The molecule has 0 aliphatic rings. The standard InChI is InChI=1S/C27H23N5O2/c1-18(2)20-10-14-23(15-11-20)34-22-12-8-19(9-13-22)17-29-32-27-30-25(21-6-4-3-5-7-21)24(16-28)26(33)31-27/h3-15,17-18H,1-2H3,(H2,30,31,32,33). The first kappa shape index (κ1) is 22.5. The minimum absolute atomic E-state index is 0.0461. The maximum absolute atomic E-state index is 12.3. The van der Waals surface area contributed by atoms with Crippen LogP contribution in [0.4, 0.5) is 5.95 Å². The molecule has 0 saturated heterocycles. The van der Waals surface area contributed by atoms with E-state index >= 15 is 0 Å². The fourth-order valence-corrected chi connectivity index (χ4v) is 3.28. The van der Waals surface area contributed by atoms with Gasteiger partial charge in [0.15, 0.2) is 0 Å². The lowest BCUT2D eigenvalue weighted by atomic mass is 10.0. The first-order chi connectivity index (χ1) is 16.5. The van der Waals surface area contributed by atoms with Gasteiger partial charge in [-0.05, 0) is 53.4 Å². The monoisotopic (exact) mass is 449 g/mol. The zero-order valence-corrected chi connectivity index (χ0v) is 18.8. The second-order valence-corrected chi connectivity index (χ2v) is 7.88. The van der Waals surface area contributed by atoms with E-state index in [9.17, 15) is 10.1 Å². The van der Waals surface area contributed by atoms with Crippen molar-refractivity contribution in [1.29, 1.82) is 5.26 Å². The number of rotatable bonds is 7. The van der Waals surface area contributed by atoms with Crippen molar-refractivity contribution in [3.63, 3.8) is 0 Å². The maximum Gasteiger partial charge on any atom is 0.270 e. The van der Waals surface area contributed by atoms with Crippen molar-refractivity contribution in [2.24, 2.45) is 5.10 Å². The second kappa shape index (κ2) is 10.3. The smallest absolute Gasteiger partial charge is 0.270 e. The summed E-state index contributed by atoms with van der Waals surface area (Å²) in [5, 5.41) is 13.5. The van der Waals surface area contributed by atoms with Crippen LogP contribution < -0.4 is 15.7 Å². The molecule has 0 unspecified atom stereocenters. The first-order valence-corrected chi connectivity index (χ1v) is 10.8. The van der Waals surface area contributed by atoms with E-state index in [-0.39, 0.29) is 11.5 Å². The molecule has 2 N–H and O–H groups in total. The van der Waals surface area contributed by atoms with E-state index in [1.54, 1.807) is 18.3 Å². The van der Waals surface area contributed by atoms with E-state index in [1.807, 2.05) is 60.7 Å². The molecule has 0 aliphatic heterocycles. The van der Waals surface area contributed by atoms with Crippen molar-refractivity contribution in [2.75, 3.05) is 5.43 Å². The van der Waals surface area contributed by atoms with Crippen LogP contribution in [0.5, 0.6) is 11.5 Å². The number of nitrogens with zero attached hydrogens (tertiary/aromatic N) is 3. The van der Waals surface area contributed by atoms with Crippen molar-refractivity contribution >= 4 is 12.2 Å². The van der Waals surface area contributed by atoms with Crippen molar-refractivity contribution in [1.82, 2.24) is 9.97 Å². The van der Waals surface area contributed by atoms with E-state index in [2.05, 4.69) is 46.5 Å². The highest BCUT2D eigenvalue weighted by molar-refractivity contribution is 5.80. The fraction of sp³-hybridized carbons (Fsp3) is 0.111. The Morgan fingerprint density at radius 1 is 1.00 bits per heavy atom. The molecule has 1 heterocycles. The SMILES string of the molecule is CC(C)c1ccc(Oc2ccc(C=NNc3nc(-c4ccccc4)c(C#N)c(=O)[nH]3)cc2)cc1. The van der Waals surface area contributed by atoms with Crippen LogP contribution in [0.1, 0.15) is 36.5 Å². The predicted octanol–water partition coefficient (Wildman–Crippen LogP) is 5.67. The summed E-state index contributed by atoms with van der Waals surface area (Å²) in [6.45, 7) is 4.31. The van der Waals surface area contributed by atoms with Gasteiger partial charge in [0.1, 0.15) is 23.1 Å². The molecule has 4 aromatic rings. The highest BCUT2D eigenvalue weighted by atomic mass is 16.5. The van der Waals surface area contributed by atoms with Crippen LogP contribution in [0.3, 0.4) is 0 Å². The molecular formula is C27H23N5O2. The lowest BCUT2D eigenvalue weighted by Gasteiger charge is -2.09. The molecule has 0 spiro atoms. The number of hydrogen-bond donors (Lipinski definition) is 2. The van der Waals surface area contributed by atoms with Crippen molar-refractivity contribution in [3.8, 4) is 28.8 Å². The van der Waals surface area contributed by atoms with Gasteiger partial charge in [0, 0.05) is 5.56 Å². The van der Waals surface area contributed by atoms with Gasteiger partial charge in [0.25, 0.3) is 5.56 Å². The van der Waals surface area contributed by atoms with Crippen LogP contribution in [0, 0.1) is 11.3 Å². The fourth-order valence-electron chi connectivity index (χ4n) is 3.28. The van der Waals surface area contributed by atoms with E-state index in [0.29, 0.717) is 22.9 Å². The van der Waals surface area contributed by atoms with Gasteiger partial charge in [-0.2, -0.15) is 10.4 Å². The van der Waals surface area contributed by atoms with Crippen LogP contribution in [0.2, 0.25) is 0 Å². The minimum Gasteiger partial charge on any atom is -0.457 e. The Balaban J connectivity index is 1.44. The summed E-state index contributed by atoms with van der Waals surface area (Å²) < 4.78 is 5.90. The summed E-state index contributed by atoms with van der Waals surface area (Å²) in [6.07, 6.45) is 1.60. The van der Waals surface area contributed by atoms with Crippen LogP contribution in [0.25, 0.3) is 11.3 Å². The molecule has 0 saturated carbocycles. The highest BCUT2D eigenvalue weighted by Gasteiger charge is 2.12. The van der Waals surface area contributed by atoms with Crippen molar-refractivity contribution < 1.29 is 4.74 Å². The first-order valence-electron chi connectivity index (χ1n) is 10.8. The number of nitriles is 1. The summed E-state index contributed by atoms with van der Waals surface area (Å²) in [7, 11) is 0. The van der Waals surface area contributed by atoms with Crippen molar-refractivity contribution in [3.05, 3.63) is 106 Å². The minimum atomic E-state index is -0.531. The van der Waals surface area contributed by atoms with E-state index < -0.39 is 5.56 Å². The number of anilines is 1. The second-order valence-electron chi connectivity index (χ2n) is 7.88. The van der Waals surface area contributed by atoms with Gasteiger partial charge in [-0.15, -0.1) is 0 Å². The molecule has 168 valence electrons. The Hall–Kier alpha value is -4.70. The maximum atomic E-state index is 12.3. The average molecular weight is 450 g/mol. The Kier molecular flexibility index (Phi) is 6.80. The van der Waals surface area contributed by atoms with Crippen LogP contribution in [0.15, 0.2) is 88.8 Å². The van der Waals surface area contributed by atoms with Gasteiger partial charge in [-0.3, -0.25) is 9.78 Å². The molecule has 0 amide bonds. The molecule has 4 rings (SSSR count). The summed E-state index contributed by atoms with van der Waals surface area (Å²) in [5.41, 5.74) is 5.21. The largest absolute Gasteiger partial charge is 0.457 e. The topological polar surface area (TPSA) is 103 Å². The molecule has 0 fully saturated rings. The normalized spacial score (nSPS) is 10.9. The number of benzene rings is 3. The third kappa shape index (κ3) is 5.37. The zero-order valence-electron chi connectivity index (χ0n) is 18.8. The van der Waals surface area contributed by atoms with Gasteiger partial charge in [-0.1, -0.05) is 56.3 Å². The Morgan fingerprint density at radius 3 is 2.26 bits per heavy atom. The zero-order chi connectivity index (χ0) is 23.9. The molecular weight excluding hydrogens is 426 g/mol. The molecule has 7 nitrogen and oxygen atoms in total. The molecule has 7 heteroatoms. The molecule has 0 bridgehead atoms. The van der Waals surface area contributed by atoms with E-state index in [1.165, 1.54) is 5.56 Å². The third-order valence-electron chi connectivity index (χ3n) is 5.13. The number of hydrogen-bond acceptors (Lipinski definition) is 6. The molecule has 1 aromatic heterocycles. The predicted molar refractivity (Wildman–Crippen MR) is 133 cm³/mol. The van der Waals surface area contributed by atoms with Crippen LogP contribution in [-0.2, 0) is 0 Å². The Labute approximate surface area is 197 Å². The number of ether oxygens (including phenoxy) is 1. The van der Waals surface area contributed by atoms with Crippen molar-refractivity contribution in [2.45, 2.75) is 19.8 Å². The number of aromatic amines is 1. The van der Waals surface area contributed by atoms with Gasteiger partial charge in [-0.25, -0.2) is 10.4 Å². The van der Waals surface area contributed by atoms with Gasteiger partial charge >= 0.3 is 0 Å². The molecule has 3 aromatic carbocycles. The van der Waals surface area contributed by atoms with Gasteiger partial charge in [0.05, 0.1) is 11.9 Å². The Morgan fingerprint density at radius 2 is 1.65 bits per heavy atom. The van der Waals surface area contributed by atoms with E-state index in [4.69, 9.17) is 4.74 Å². The highest BCUT2D eigenvalue weighted by Crippen LogP contribution is 2.24. The number of hydrazone groups is 1. The summed E-state index contributed by atoms with van der Waals surface area (Å²) >= 11 is 0. The summed E-state index contributed by atoms with van der Waals surface area (Å²) in [4.78, 5) is 19.2. The molecule has 34 heavy (non-hydrogen) atoms. The number of nitrogens with one attached hydrogen (secondary N) is 2. The average Bonchev–Trinajstić information content (AvgIpc) is 2.85. The van der Waals surface area contributed by atoms with Crippen LogP contribution in [-0.4, -0.2) is 16.2 Å². The van der Waals surface area contributed by atoms with Gasteiger partial charge in [0.2, 0.25) is 5.95 Å². The van der Waals surface area contributed by atoms with E-state index in [0.717, 1.165) is 11.3 Å².